The average Bonchev–Trinajstić information content (AvgIpc) is 3.61. The molecule has 3 aromatic heterocycles. The Morgan fingerprint density at radius 2 is 1.52 bits per heavy atom. The Labute approximate surface area is 234 Å². The molecule has 0 aliphatic rings. The zero-order chi connectivity index (χ0) is 28.4. The number of aryl methyl sites for hydroxylation is 5. The van der Waals surface area contributed by atoms with Crippen LogP contribution in [0.4, 0.5) is 0 Å². The van der Waals surface area contributed by atoms with Crippen LogP contribution in [0.5, 0.6) is 5.75 Å². The summed E-state index contributed by atoms with van der Waals surface area (Å²) in [6, 6.07) is 23.8. The number of aromatic nitrogens is 2. The summed E-state index contributed by atoms with van der Waals surface area (Å²) in [5, 5.41) is 4.19. The van der Waals surface area contributed by atoms with Crippen molar-refractivity contribution < 1.29 is 13.9 Å². The summed E-state index contributed by atoms with van der Waals surface area (Å²) >= 11 is 0. The summed E-state index contributed by atoms with van der Waals surface area (Å²) in [4.78, 5) is 12.6. The zero-order valence-electron chi connectivity index (χ0n) is 23.8. The SMILES string of the molecule is Cc1cccc(C)c1-n1c(C)cc(/C=N/NC(=O)c2ccc(COc3ccc(-n4c(C)ccc4C)cc3)o2)c1C. The highest BCUT2D eigenvalue weighted by Crippen LogP contribution is 2.25. The van der Waals surface area contributed by atoms with Crippen LogP contribution in [0.15, 0.2) is 82.3 Å². The van der Waals surface area contributed by atoms with Crippen molar-refractivity contribution in [3.05, 3.63) is 124 Å². The normalized spacial score (nSPS) is 11.3. The highest BCUT2D eigenvalue weighted by molar-refractivity contribution is 5.92. The largest absolute Gasteiger partial charge is 0.486 e. The van der Waals surface area contributed by atoms with E-state index in [9.17, 15) is 4.79 Å². The Balaban J connectivity index is 1.19. The Kier molecular flexibility index (Phi) is 7.47. The molecular formula is C33H34N4O3. The highest BCUT2D eigenvalue weighted by Gasteiger charge is 2.14. The molecule has 1 amide bonds. The van der Waals surface area contributed by atoms with E-state index in [1.54, 1.807) is 18.3 Å². The molecule has 0 radical (unpaired) electrons. The number of ether oxygens (including phenoxy) is 1. The van der Waals surface area contributed by atoms with Crippen LogP contribution >= 0.6 is 0 Å². The van der Waals surface area contributed by atoms with Crippen molar-refractivity contribution in [3.63, 3.8) is 0 Å². The number of nitrogens with zero attached hydrogens (tertiary/aromatic N) is 3. The van der Waals surface area contributed by atoms with Gasteiger partial charge < -0.3 is 18.3 Å². The molecule has 204 valence electrons. The fourth-order valence-corrected chi connectivity index (χ4v) is 5.14. The van der Waals surface area contributed by atoms with Gasteiger partial charge >= 0.3 is 5.91 Å². The molecule has 5 aromatic rings. The van der Waals surface area contributed by atoms with Crippen LogP contribution in [-0.2, 0) is 6.61 Å². The topological polar surface area (TPSA) is 73.7 Å². The van der Waals surface area contributed by atoms with Crippen molar-refractivity contribution in [2.45, 2.75) is 48.1 Å². The summed E-state index contributed by atoms with van der Waals surface area (Å²) in [5.74, 6) is 1.02. The first-order chi connectivity index (χ1) is 19.2. The van der Waals surface area contributed by atoms with Gasteiger partial charge in [0.25, 0.3) is 0 Å². The van der Waals surface area contributed by atoms with Crippen molar-refractivity contribution in [2.75, 3.05) is 0 Å². The van der Waals surface area contributed by atoms with Gasteiger partial charge in [0.1, 0.15) is 18.1 Å². The molecule has 3 heterocycles. The van der Waals surface area contributed by atoms with Crippen molar-refractivity contribution in [3.8, 4) is 17.1 Å². The van der Waals surface area contributed by atoms with Crippen molar-refractivity contribution in [2.24, 2.45) is 5.10 Å². The molecule has 0 saturated heterocycles. The number of carbonyl (C=O) groups excluding carboxylic acids is 1. The van der Waals surface area contributed by atoms with E-state index in [1.807, 2.05) is 24.3 Å². The van der Waals surface area contributed by atoms with E-state index in [0.717, 1.165) is 28.4 Å². The van der Waals surface area contributed by atoms with Gasteiger partial charge in [-0.3, -0.25) is 4.79 Å². The number of benzene rings is 2. The fourth-order valence-electron chi connectivity index (χ4n) is 5.14. The number of hydrogen-bond donors (Lipinski definition) is 1. The quantitative estimate of drug-likeness (QED) is 0.171. The molecule has 1 N–H and O–H groups in total. The Morgan fingerprint density at radius 3 is 2.20 bits per heavy atom. The van der Waals surface area contributed by atoms with Gasteiger partial charge in [-0.25, -0.2) is 5.43 Å². The lowest BCUT2D eigenvalue weighted by molar-refractivity contribution is 0.0923. The summed E-state index contributed by atoms with van der Waals surface area (Å²) in [7, 11) is 0. The maximum atomic E-state index is 12.6. The number of hydrazone groups is 1. The minimum atomic E-state index is -0.423. The standard InChI is InChI=1S/C33H34N4O3/c1-21-8-7-9-22(2)32(21)37-25(5)18-27(26(37)6)19-34-35-33(38)31-17-16-30(40-31)20-39-29-14-12-28(13-15-29)36-23(3)10-11-24(36)4/h7-19H,20H2,1-6H3,(H,35,38)/b34-19+. The van der Waals surface area contributed by atoms with E-state index < -0.39 is 5.91 Å². The maximum Gasteiger partial charge on any atom is 0.307 e. The number of hydrogen-bond acceptors (Lipinski definition) is 4. The molecule has 7 heteroatoms. The van der Waals surface area contributed by atoms with E-state index in [0.29, 0.717) is 5.76 Å². The third-order valence-corrected chi connectivity index (χ3v) is 7.14. The molecule has 7 nitrogen and oxygen atoms in total. The van der Waals surface area contributed by atoms with Crippen LogP contribution in [0.2, 0.25) is 0 Å². The molecular weight excluding hydrogens is 500 g/mol. The fraction of sp³-hybridized carbons (Fsp3) is 0.212. The summed E-state index contributed by atoms with van der Waals surface area (Å²) in [5.41, 5.74) is 12.7. The van der Waals surface area contributed by atoms with E-state index in [-0.39, 0.29) is 12.4 Å². The van der Waals surface area contributed by atoms with Gasteiger partial charge in [0.15, 0.2) is 5.76 Å². The van der Waals surface area contributed by atoms with Crippen molar-refractivity contribution in [1.29, 1.82) is 0 Å². The maximum absolute atomic E-state index is 12.6. The second kappa shape index (κ2) is 11.1. The summed E-state index contributed by atoms with van der Waals surface area (Å²) < 4.78 is 16.0. The molecule has 40 heavy (non-hydrogen) atoms. The van der Waals surface area contributed by atoms with E-state index in [1.165, 1.54) is 28.2 Å². The summed E-state index contributed by atoms with van der Waals surface area (Å²) in [6.45, 7) is 12.7. The lowest BCUT2D eigenvalue weighted by Crippen LogP contribution is -2.16. The smallest absolute Gasteiger partial charge is 0.307 e. The van der Waals surface area contributed by atoms with Crippen LogP contribution in [0.3, 0.4) is 0 Å². The van der Waals surface area contributed by atoms with Gasteiger partial charge in [0.2, 0.25) is 0 Å². The predicted molar refractivity (Wildman–Crippen MR) is 158 cm³/mol. The first kappa shape index (κ1) is 26.8. The van der Waals surface area contributed by atoms with Crippen LogP contribution in [0.1, 0.15) is 55.8 Å². The number of amides is 1. The first-order valence-electron chi connectivity index (χ1n) is 13.3. The monoisotopic (exact) mass is 534 g/mol. The number of para-hydroxylation sites is 1. The third-order valence-electron chi connectivity index (χ3n) is 7.14. The minimum absolute atomic E-state index is 0.172. The second-order valence-electron chi connectivity index (χ2n) is 10.1. The van der Waals surface area contributed by atoms with Gasteiger partial charge in [-0.1, -0.05) is 18.2 Å². The second-order valence-corrected chi connectivity index (χ2v) is 10.1. The van der Waals surface area contributed by atoms with Crippen LogP contribution in [-0.4, -0.2) is 21.3 Å². The molecule has 0 bridgehead atoms. The Morgan fingerprint density at radius 1 is 0.850 bits per heavy atom. The van der Waals surface area contributed by atoms with E-state index in [4.69, 9.17) is 9.15 Å². The number of furan rings is 1. The zero-order valence-corrected chi connectivity index (χ0v) is 23.8. The molecule has 0 aliphatic heterocycles. The molecule has 0 saturated carbocycles. The molecule has 0 fully saturated rings. The van der Waals surface area contributed by atoms with Gasteiger partial charge in [0.05, 0.1) is 11.9 Å². The molecule has 0 aliphatic carbocycles. The van der Waals surface area contributed by atoms with E-state index >= 15 is 0 Å². The number of rotatable bonds is 8. The molecule has 0 unspecified atom stereocenters. The van der Waals surface area contributed by atoms with Gasteiger partial charge in [0, 0.05) is 34.0 Å². The molecule has 5 rings (SSSR count). The molecule has 2 aromatic carbocycles. The third kappa shape index (κ3) is 5.36. The van der Waals surface area contributed by atoms with Crippen LogP contribution in [0, 0.1) is 41.5 Å². The molecule has 0 atom stereocenters. The number of nitrogens with one attached hydrogen (secondary N) is 1. The Bertz CT molecular complexity index is 1660. The average molecular weight is 535 g/mol. The Hall–Kier alpha value is -4.78. The molecule has 0 spiro atoms. The van der Waals surface area contributed by atoms with Crippen LogP contribution in [0.25, 0.3) is 11.4 Å². The minimum Gasteiger partial charge on any atom is -0.486 e. The van der Waals surface area contributed by atoms with E-state index in [2.05, 4.69) is 97.6 Å². The lowest BCUT2D eigenvalue weighted by atomic mass is 10.1. The van der Waals surface area contributed by atoms with Crippen LogP contribution < -0.4 is 10.2 Å². The van der Waals surface area contributed by atoms with Gasteiger partial charge in [-0.2, -0.15) is 5.10 Å². The lowest BCUT2D eigenvalue weighted by Gasteiger charge is -2.15. The van der Waals surface area contributed by atoms with Gasteiger partial charge in [-0.05, 0) is 107 Å². The van der Waals surface area contributed by atoms with Crippen molar-refractivity contribution in [1.82, 2.24) is 14.6 Å². The predicted octanol–water partition coefficient (Wildman–Crippen LogP) is 7.05. The van der Waals surface area contributed by atoms with Gasteiger partial charge in [-0.15, -0.1) is 0 Å². The highest BCUT2D eigenvalue weighted by atomic mass is 16.5. The number of carbonyl (C=O) groups is 1. The first-order valence-corrected chi connectivity index (χ1v) is 13.3. The summed E-state index contributed by atoms with van der Waals surface area (Å²) in [6.07, 6.45) is 1.66. The van der Waals surface area contributed by atoms with Crippen molar-refractivity contribution >= 4 is 12.1 Å².